The van der Waals surface area contributed by atoms with Crippen molar-refractivity contribution in [2.24, 2.45) is 0 Å². The molecule has 0 aromatic carbocycles. The molecular formula is C6H14Fe. The molecule has 0 saturated heterocycles. The summed E-state index contributed by atoms with van der Waals surface area (Å²) in [5.74, 6) is 0. The molecule has 0 nitrogen and oxygen atoms in total. The second kappa shape index (κ2) is 9.72. The van der Waals surface area contributed by atoms with Gasteiger partial charge in [-0.3, -0.25) is 0 Å². The van der Waals surface area contributed by atoms with Gasteiger partial charge in [0.1, 0.15) is 0 Å². The predicted octanol–water partition coefficient (Wildman–Crippen LogP) is 2.58. The molecule has 0 spiro atoms. The Morgan fingerprint density at radius 1 is 0.857 bits per heavy atom. The minimum absolute atomic E-state index is 0. The van der Waals surface area contributed by atoms with E-state index in [1.165, 1.54) is 25.7 Å². The largest absolute Gasteiger partial charge is 0.0654 e. The van der Waals surface area contributed by atoms with Crippen molar-refractivity contribution in [3.8, 4) is 0 Å². The molecular weight excluding hydrogens is 128 g/mol. The quantitative estimate of drug-likeness (QED) is 0.419. The number of unbranched alkanes of at least 4 members (excludes halogenated alkanes) is 3. The molecule has 0 bridgehead atoms. The van der Waals surface area contributed by atoms with Crippen molar-refractivity contribution >= 4 is 0 Å². The van der Waals surface area contributed by atoms with Crippen molar-refractivity contribution in [3.63, 3.8) is 0 Å². The summed E-state index contributed by atoms with van der Waals surface area (Å²) < 4.78 is 0. The maximum absolute atomic E-state index is 2.23. The summed E-state index contributed by atoms with van der Waals surface area (Å²) in [4.78, 5) is 0. The normalized spacial score (nSPS) is 7.71. The van der Waals surface area contributed by atoms with Crippen LogP contribution in [-0.2, 0) is 17.1 Å². The molecule has 46 valence electrons. The second-order valence-corrected chi connectivity index (χ2v) is 1.71. The van der Waals surface area contributed by atoms with E-state index >= 15 is 0 Å². The van der Waals surface area contributed by atoms with Crippen LogP contribution in [0.1, 0.15) is 39.5 Å². The third-order valence-corrected chi connectivity index (χ3v) is 0.957. The van der Waals surface area contributed by atoms with E-state index in [1.807, 2.05) is 0 Å². The SMILES string of the molecule is CCCCCC.[Fe]. The fourth-order valence-electron chi connectivity index (χ4n) is 0.500. The van der Waals surface area contributed by atoms with Gasteiger partial charge in [0.25, 0.3) is 0 Å². The fourth-order valence-corrected chi connectivity index (χ4v) is 0.500. The molecule has 7 heavy (non-hydrogen) atoms. The van der Waals surface area contributed by atoms with Gasteiger partial charge in [-0.2, -0.15) is 0 Å². The van der Waals surface area contributed by atoms with E-state index in [0.717, 1.165) is 0 Å². The van der Waals surface area contributed by atoms with Gasteiger partial charge in [0.05, 0.1) is 0 Å². The number of hydrogen-bond acceptors (Lipinski definition) is 0. The first kappa shape index (κ1) is 10.5. The maximum atomic E-state index is 2.23. The van der Waals surface area contributed by atoms with Crippen molar-refractivity contribution in [1.82, 2.24) is 0 Å². The zero-order chi connectivity index (χ0) is 4.83. The van der Waals surface area contributed by atoms with Gasteiger partial charge in [-0.05, 0) is 0 Å². The summed E-state index contributed by atoms with van der Waals surface area (Å²) >= 11 is 0. The van der Waals surface area contributed by atoms with Crippen LogP contribution in [0.2, 0.25) is 0 Å². The van der Waals surface area contributed by atoms with Crippen LogP contribution in [0.4, 0.5) is 0 Å². The van der Waals surface area contributed by atoms with Crippen molar-refractivity contribution in [2.45, 2.75) is 39.5 Å². The minimum Gasteiger partial charge on any atom is -0.0654 e. The molecule has 0 atom stereocenters. The predicted molar refractivity (Wildman–Crippen MR) is 29.8 cm³/mol. The average Bonchev–Trinajstić information content (AvgIpc) is 1.61. The molecule has 0 saturated carbocycles. The molecule has 0 radical (unpaired) electrons. The number of rotatable bonds is 3. The van der Waals surface area contributed by atoms with E-state index in [1.54, 1.807) is 0 Å². The van der Waals surface area contributed by atoms with Crippen LogP contribution in [0.25, 0.3) is 0 Å². The molecule has 0 unspecified atom stereocenters. The van der Waals surface area contributed by atoms with Gasteiger partial charge in [-0.25, -0.2) is 0 Å². The van der Waals surface area contributed by atoms with E-state index in [2.05, 4.69) is 13.8 Å². The third kappa shape index (κ3) is 10.8. The van der Waals surface area contributed by atoms with Crippen LogP contribution in [0.5, 0.6) is 0 Å². The van der Waals surface area contributed by atoms with E-state index in [0.29, 0.717) is 0 Å². The zero-order valence-corrected chi connectivity index (χ0v) is 6.29. The minimum atomic E-state index is 0. The summed E-state index contributed by atoms with van der Waals surface area (Å²) in [6.45, 7) is 4.46. The monoisotopic (exact) mass is 142 g/mol. The van der Waals surface area contributed by atoms with E-state index < -0.39 is 0 Å². The summed E-state index contributed by atoms with van der Waals surface area (Å²) in [6, 6.07) is 0. The van der Waals surface area contributed by atoms with Crippen LogP contribution < -0.4 is 0 Å². The Kier molecular flexibility index (Phi) is 14.6. The third-order valence-electron chi connectivity index (χ3n) is 0.957. The van der Waals surface area contributed by atoms with Crippen molar-refractivity contribution in [3.05, 3.63) is 0 Å². The van der Waals surface area contributed by atoms with E-state index in [9.17, 15) is 0 Å². The Bertz CT molecular complexity index is 16.1. The molecule has 0 heterocycles. The smallest absolute Gasteiger partial charge is 0 e. The Balaban J connectivity index is 0. The van der Waals surface area contributed by atoms with Crippen LogP contribution in [0.3, 0.4) is 0 Å². The Labute approximate surface area is 57.2 Å². The molecule has 1 heteroatoms. The molecule has 0 fully saturated rings. The Morgan fingerprint density at radius 3 is 1.29 bits per heavy atom. The summed E-state index contributed by atoms with van der Waals surface area (Å²) in [6.07, 6.45) is 5.54. The van der Waals surface area contributed by atoms with Gasteiger partial charge in [-0.1, -0.05) is 39.5 Å². The molecule has 0 aliphatic carbocycles. The van der Waals surface area contributed by atoms with Gasteiger partial charge in [0.2, 0.25) is 0 Å². The Morgan fingerprint density at radius 2 is 1.14 bits per heavy atom. The van der Waals surface area contributed by atoms with Gasteiger partial charge in [0, 0.05) is 17.1 Å². The van der Waals surface area contributed by atoms with E-state index in [4.69, 9.17) is 0 Å². The van der Waals surface area contributed by atoms with Gasteiger partial charge < -0.3 is 0 Å². The average molecular weight is 142 g/mol. The van der Waals surface area contributed by atoms with Crippen LogP contribution in [0, 0.1) is 0 Å². The second-order valence-electron chi connectivity index (χ2n) is 1.71. The molecule has 0 aliphatic heterocycles. The summed E-state index contributed by atoms with van der Waals surface area (Å²) in [5.41, 5.74) is 0. The van der Waals surface area contributed by atoms with Gasteiger partial charge in [-0.15, -0.1) is 0 Å². The van der Waals surface area contributed by atoms with Crippen LogP contribution in [0.15, 0.2) is 0 Å². The molecule has 0 rings (SSSR count). The van der Waals surface area contributed by atoms with Gasteiger partial charge in [0.15, 0.2) is 0 Å². The summed E-state index contributed by atoms with van der Waals surface area (Å²) in [7, 11) is 0. The van der Waals surface area contributed by atoms with Crippen molar-refractivity contribution in [2.75, 3.05) is 0 Å². The molecule has 0 aliphatic rings. The van der Waals surface area contributed by atoms with Crippen LogP contribution in [-0.4, -0.2) is 0 Å². The molecule has 0 aromatic rings. The Hall–Kier alpha value is 0.519. The first-order chi connectivity index (χ1) is 2.91. The number of hydrogen-bond donors (Lipinski definition) is 0. The standard InChI is InChI=1S/C6H14.Fe/c1-3-5-6-4-2;/h3-6H2,1-2H3;. The molecule has 0 N–H and O–H groups in total. The van der Waals surface area contributed by atoms with Crippen molar-refractivity contribution in [1.29, 1.82) is 0 Å². The maximum Gasteiger partial charge on any atom is 0 e. The fraction of sp³-hybridized carbons (Fsp3) is 1.00. The topological polar surface area (TPSA) is 0 Å². The van der Waals surface area contributed by atoms with Crippen molar-refractivity contribution < 1.29 is 17.1 Å². The van der Waals surface area contributed by atoms with Gasteiger partial charge >= 0.3 is 0 Å². The molecule has 0 amide bonds. The van der Waals surface area contributed by atoms with Crippen LogP contribution >= 0.6 is 0 Å². The first-order valence-electron chi connectivity index (χ1n) is 2.91. The van der Waals surface area contributed by atoms with E-state index in [-0.39, 0.29) is 17.1 Å². The zero-order valence-electron chi connectivity index (χ0n) is 5.18. The summed E-state index contributed by atoms with van der Waals surface area (Å²) in [5, 5.41) is 0. The molecule has 0 aromatic heterocycles. The first-order valence-corrected chi connectivity index (χ1v) is 2.91.